The van der Waals surface area contributed by atoms with Gasteiger partial charge in [0.15, 0.2) is 0 Å². The summed E-state index contributed by atoms with van der Waals surface area (Å²) in [4.78, 5) is 18.3. The second-order valence-electron chi connectivity index (χ2n) is 4.51. The minimum Gasteiger partial charge on any atom is -0.378 e. The van der Waals surface area contributed by atoms with E-state index in [-0.39, 0.29) is 5.91 Å². The number of nitrogens with one attached hydrogen (secondary N) is 1. The van der Waals surface area contributed by atoms with Crippen LogP contribution in [0.2, 0.25) is 0 Å². The number of thiazole rings is 1. The quantitative estimate of drug-likeness (QED) is 0.932. The molecule has 0 fully saturated rings. The van der Waals surface area contributed by atoms with Crippen LogP contribution in [-0.4, -0.2) is 25.0 Å². The van der Waals surface area contributed by atoms with Crippen LogP contribution in [0.15, 0.2) is 29.6 Å². The van der Waals surface area contributed by atoms with Gasteiger partial charge in [-0.15, -0.1) is 11.3 Å². The van der Waals surface area contributed by atoms with Crippen LogP contribution in [0.4, 0.5) is 5.69 Å². The topological polar surface area (TPSA) is 45.2 Å². The molecule has 1 N–H and O–H groups in total. The van der Waals surface area contributed by atoms with Gasteiger partial charge in [0.1, 0.15) is 5.01 Å². The van der Waals surface area contributed by atoms with Gasteiger partial charge in [0.25, 0.3) is 5.91 Å². The molecule has 0 radical (unpaired) electrons. The highest BCUT2D eigenvalue weighted by Gasteiger charge is 2.07. The number of hydrogen-bond donors (Lipinski definition) is 1. The van der Waals surface area contributed by atoms with Gasteiger partial charge < -0.3 is 10.2 Å². The molecule has 0 saturated heterocycles. The molecule has 0 spiro atoms. The summed E-state index contributed by atoms with van der Waals surface area (Å²) in [5.74, 6) is -0.0726. The summed E-state index contributed by atoms with van der Waals surface area (Å²) in [7, 11) is 3.91. The lowest BCUT2D eigenvalue weighted by atomic mass is 10.2. The molecule has 2 aromatic rings. The van der Waals surface area contributed by atoms with Crippen LogP contribution in [0.3, 0.4) is 0 Å². The number of rotatable bonds is 4. The summed E-state index contributed by atoms with van der Waals surface area (Å²) in [6, 6.07) is 7.55. The normalized spacial score (nSPS) is 10.3. The van der Waals surface area contributed by atoms with E-state index in [1.807, 2.05) is 55.6 Å². The number of hydrogen-bond acceptors (Lipinski definition) is 4. The van der Waals surface area contributed by atoms with Gasteiger partial charge in [-0.05, 0) is 25.1 Å². The fraction of sp³-hybridized carbons (Fsp3) is 0.286. The standard InChI is InChI=1S/C14H17N3OS/c1-10-9-19-13(16-10)8-15-14(18)11-5-4-6-12(7-11)17(2)3/h4-7,9H,8H2,1-3H3,(H,15,18). The van der Waals surface area contributed by atoms with E-state index in [1.54, 1.807) is 11.3 Å². The Bertz CT molecular complexity index is 578. The zero-order valence-electron chi connectivity index (χ0n) is 11.3. The van der Waals surface area contributed by atoms with Crippen molar-refractivity contribution in [1.29, 1.82) is 0 Å². The van der Waals surface area contributed by atoms with Gasteiger partial charge in [0, 0.05) is 36.4 Å². The summed E-state index contributed by atoms with van der Waals surface area (Å²) in [6.07, 6.45) is 0. The average molecular weight is 275 g/mol. The predicted octanol–water partition coefficient (Wildman–Crippen LogP) is 2.45. The summed E-state index contributed by atoms with van der Waals surface area (Å²) in [5.41, 5.74) is 2.67. The third kappa shape index (κ3) is 3.54. The molecule has 2 rings (SSSR count). The van der Waals surface area contributed by atoms with Crippen LogP contribution in [0.25, 0.3) is 0 Å². The molecule has 0 aliphatic heterocycles. The number of anilines is 1. The second-order valence-corrected chi connectivity index (χ2v) is 5.45. The highest BCUT2D eigenvalue weighted by molar-refractivity contribution is 7.09. The Labute approximate surface area is 117 Å². The number of carbonyl (C=O) groups is 1. The van der Waals surface area contributed by atoms with E-state index in [0.717, 1.165) is 16.4 Å². The third-order valence-electron chi connectivity index (χ3n) is 2.69. The van der Waals surface area contributed by atoms with Gasteiger partial charge in [-0.25, -0.2) is 4.98 Å². The molecule has 0 bridgehead atoms. The lowest BCUT2D eigenvalue weighted by Crippen LogP contribution is -2.23. The first-order valence-corrected chi connectivity index (χ1v) is 6.91. The van der Waals surface area contributed by atoms with Crippen LogP contribution in [0.1, 0.15) is 21.1 Å². The molecule has 0 unspecified atom stereocenters. The fourth-order valence-electron chi connectivity index (χ4n) is 1.67. The van der Waals surface area contributed by atoms with Crippen LogP contribution in [0, 0.1) is 6.92 Å². The molecule has 1 heterocycles. The molecule has 1 amide bonds. The van der Waals surface area contributed by atoms with Crippen LogP contribution in [0.5, 0.6) is 0 Å². The molecule has 4 nitrogen and oxygen atoms in total. The molecule has 0 saturated carbocycles. The summed E-state index contributed by atoms with van der Waals surface area (Å²) in [5, 5.41) is 5.79. The zero-order valence-corrected chi connectivity index (χ0v) is 12.1. The van der Waals surface area contributed by atoms with Gasteiger partial charge in [-0.2, -0.15) is 0 Å². The summed E-state index contributed by atoms with van der Waals surface area (Å²) in [6.45, 7) is 2.42. The number of benzene rings is 1. The molecule has 19 heavy (non-hydrogen) atoms. The van der Waals surface area contributed by atoms with E-state index in [2.05, 4.69) is 10.3 Å². The van der Waals surface area contributed by atoms with Gasteiger partial charge in [-0.3, -0.25) is 4.79 Å². The third-order valence-corrected chi connectivity index (χ3v) is 3.66. The molecule has 0 aliphatic carbocycles. The fourth-order valence-corrected chi connectivity index (χ4v) is 2.38. The number of aromatic nitrogens is 1. The number of carbonyl (C=O) groups excluding carboxylic acids is 1. The molecular weight excluding hydrogens is 258 g/mol. The molecule has 1 aromatic carbocycles. The Balaban J connectivity index is 2.01. The van der Waals surface area contributed by atoms with Crippen molar-refractivity contribution >= 4 is 22.9 Å². The Hall–Kier alpha value is -1.88. The van der Waals surface area contributed by atoms with E-state index >= 15 is 0 Å². The highest BCUT2D eigenvalue weighted by Crippen LogP contribution is 2.14. The van der Waals surface area contributed by atoms with Crippen molar-refractivity contribution in [3.05, 3.63) is 45.9 Å². The van der Waals surface area contributed by atoms with Crippen molar-refractivity contribution in [3.63, 3.8) is 0 Å². The first-order chi connectivity index (χ1) is 9.06. The zero-order chi connectivity index (χ0) is 13.8. The maximum atomic E-state index is 12.0. The van der Waals surface area contributed by atoms with Crippen LogP contribution >= 0.6 is 11.3 Å². The molecule has 1 aromatic heterocycles. The van der Waals surface area contributed by atoms with Gasteiger partial charge in [-0.1, -0.05) is 6.07 Å². The molecular formula is C14H17N3OS. The summed E-state index contributed by atoms with van der Waals surface area (Å²) < 4.78 is 0. The minimum absolute atomic E-state index is 0.0726. The van der Waals surface area contributed by atoms with Crippen molar-refractivity contribution in [3.8, 4) is 0 Å². The van der Waals surface area contributed by atoms with E-state index in [4.69, 9.17) is 0 Å². The number of nitrogens with zero attached hydrogens (tertiary/aromatic N) is 2. The van der Waals surface area contributed by atoms with Gasteiger partial charge in [0.05, 0.1) is 6.54 Å². The van der Waals surface area contributed by atoms with E-state index < -0.39 is 0 Å². The Morgan fingerprint density at radius 3 is 2.84 bits per heavy atom. The van der Waals surface area contributed by atoms with E-state index in [1.165, 1.54) is 0 Å². The predicted molar refractivity (Wildman–Crippen MR) is 78.8 cm³/mol. The maximum absolute atomic E-state index is 12.0. The van der Waals surface area contributed by atoms with E-state index in [0.29, 0.717) is 12.1 Å². The average Bonchev–Trinajstić information content (AvgIpc) is 2.82. The van der Waals surface area contributed by atoms with Gasteiger partial charge >= 0.3 is 0 Å². The van der Waals surface area contributed by atoms with Crippen LogP contribution < -0.4 is 10.2 Å². The molecule has 0 aliphatic rings. The molecule has 0 atom stereocenters. The summed E-state index contributed by atoms with van der Waals surface area (Å²) >= 11 is 1.56. The van der Waals surface area contributed by atoms with Crippen molar-refractivity contribution in [2.24, 2.45) is 0 Å². The minimum atomic E-state index is -0.0726. The SMILES string of the molecule is Cc1csc(CNC(=O)c2cccc(N(C)C)c2)n1. The van der Waals surface area contributed by atoms with Crippen molar-refractivity contribution in [1.82, 2.24) is 10.3 Å². The monoisotopic (exact) mass is 275 g/mol. The first kappa shape index (κ1) is 13.5. The number of aryl methyl sites for hydroxylation is 1. The van der Waals surface area contributed by atoms with Crippen LogP contribution in [-0.2, 0) is 6.54 Å². The van der Waals surface area contributed by atoms with Crippen molar-refractivity contribution in [2.75, 3.05) is 19.0 Å². The largest absolute Gasteiger partial charge is 0.378 e. The van der Waals surface area contributed by atoms with E-state index in [9.17, 15) is 4.79 Å². The molecule has 100 valence electrons. The highest BCUT2D eigenvalue weighted by atomic mass is 32.1. The van der Waals surface area contributed by atoms with Crippen molar-refractivity contribution < 1.29 is 4.79 Å². The maximum Gasteiger partial charge on any atom is 0.251 e. The first-order valence-electron chi connectivity index (χ1n) is 6.03. The number of amides is 1. The van der Waals surface area contributed by atoms with Gasteiger partial charge in [0.2, 0.25) is 0 Å². The molecule has 5 heteroatoms. The Morgan fingerprint density at radius 1 is 1.42 bits per heavy atom. The lowest BCUT2D eigenvalue weighted by Gasteiger charge is -2.13. The second kappa shape index (κ2) is 5.84. The smallest absolute Gasteiger partial charge is 0.251 e. The lowest BCUT2D eigenvalue weighted by molar-refractivity contribution is 0.0951. The van der Waals surface area contributed by atoms with Crippen molar-refractivity contribution in [2.45, 2.75) is 13.5 Å². The Kier molecular flexibility index (Phi) is 4.16. The Morgan fingerprint density at radius 2 is 2.21 bits per heavy atom.